The highest BCUT2D eigenvalue weighted by molar-refractivity contribution is 5.77. The molecule has 6 rings (SSSR count). The molecule has 0 saturated heterocycles. The second-order valence-corrected chi connectivity index (χ2v) is 11.3. The van der Waals surface area contributed by atoms with E-state index in [-0.39, 0.29) is 48.9 Å². The molecule has 2 fully saturated rings. The van der Waals surface area contributed by atoms with Gasteiger partial charge in [0.15, 0.2) is 0 Å². The lowest BCUT2D eigenvalue weighted by Gasteiger charge is -2.34. The number of pyridine rings is 1. The average molecular weight is 538 g/mol. The van der Waals surface area contributed by atoms with Gasteiger partial charge in [0.25, 0.3) is 0 Å². The van der Waals surface area contributed by atoms with E-state index in [9.17, 15) is 23.1 Å². The summed E-state index contributed by atoms with van der Waals surface area (Å²) in [5.74, 6) is -2.65. The van der Waals surface area contributed by atoms with Crippen LogP contribution in [0.2, 0.25) is 0 Å². The number of ether oxygens (including phenoxy) is 2. The van der Waals surface area contributed by atoms with E-state index in [0.29, 0.717) is 36.6 Å². The summed E-state index contributed by atoms with van der Waals surface area (Å²) >= 11 is 0. The Bertz CT molecular complexity index is 1420. The zero-order chi connectivity index (χ0) is 27.5. The Labute approximate surface area is 225 Å². The summed E-state index contributed by atoms with van der Waals surface area (Å²) in [4.78, 5) is 15.7. The SMILES string of the molecule is Cc1cc(OCCC2CC(F)(F)C2)cc(C)c1-c1ccc(F)c(COc2cc3c(cn2)[C@H]2[C@@H](C3)[C@@H]2C(=O)O)c1. The molecule has 3 aliphatic carbocycles. The van der Waals surface area contributed by atoms with E-state index in [2.05, 4.69) is 4.98 Å². The molecular weight excluding hydrogens is 507 g/mol. The van der Waals surface area contributed by atoms with Crippen molar-refractivity contribution in [3.05, 3.63) is 76.2 Å². The maximum Gasteiger partial charge on any atom is 0.307 e. The highest BCUT2D eigenvalue weighted by Crippen LogP contribution is 2.61. The highest BCUT2D eigenvalue weighted by Gasteiger charge is 2.60. The fraction of sp³-hybridized carbons (Fsp3) is 0.419. The predicted octanol–water partition coefficient (Wildman–Crippen LogP) is 6.87. The van der Waals surface area contributed by atoms with Gasteiger partial charge < -0.3 is 14.6 Å². The van der Waals surface area contributed by atoms with Crippen LogP contribution in [0.3, 0.4) is 0 Å². The number of hydrogen-bond donors (Lipinski definition) is 1. The third kappa shape index (κ3) is 4.97. The van der Waals surface area contributed by atoms with Crippen LogP contribution in [0.15, 0.2) is 42.6 Å². The van der Waals surface area contributed by atoms with Gasteiger partial charge in [0.05, 0.1) is 12.5 Å². The van der Waals surface area contributed by atoms with E-state index in [1.807, 2.05) is 32.0 Å². The fourth-order valence-electron chi connectivity index (χ4n) is 6.47. The summed E-state index contributed by atoms with van der Waals surface area (Å²) in [6.45, 7) is 4.34. The highest BCUT2D eigenvalue weighted by atomic mass is 19.3. The van der Waals surface area contributed by atoms with E-state index >= 15 is 0 Å². The number of hydrogen-bond acceptors (Lipinski definition) is 4. The molecule has 0 aliphatic heterocycles. The first kappa shape index (κ1) is 25.7. The van der Waals surface area contributed by atoms with Crippen molar-refractivity contribution in [2.24, 2.45) is 17.8 Å². The summed E-state index contributed by atoms with van der Waals surface area (Å²) in [5, 5.41) is 9.30. The van der Waals surface area contributed by atoms with Crippen LogP contribution in [0.25, 0.3) is 11.1 Å². The van der Waals surface area contributed by atoms with Crippen LogP contribution in [0.4, 0.5) is 13.2 Å². The largest absolute Gasteiger partial charge is 0.494 e. The number of carbonyl (C=O) groups is 1. The second-order valence-electron chi connectivity index (χ2n) is 11.3. The minimum absolute atomic E-state index is 0.00949. The summed E-state index contributed by atoms with van der Waals surface area (Å²) in [6.07, 6.45) is 2.90. The minimum Gasteiger partial charge on any atom is -0.494 e. The Balaban J connectivity index is 1.11. The van der Waals surface area contributed by atoms with Crippen LogP contribution < -0.4 is 9.47 Å². The quantitative estimate of drug-likeness (QED) is 0.323. The number of aryl methyl sites for hydroxylation is 2. The fourth-order valence-corrected chi connectivity index (χ4v) is 6.47. The van der Waals surface area contributed by atoms with Gasteiger partial charge >= 0.3 is 5.97 Å². The van der Waals surface area contributed by atoms with Crippen molar-refractivity contribution in [3.63, 3.8) is 0 Å². The molecule has 204 valence electrons. The smallest absolute Gasteiger partial charge is 0.307 e. The molecule has 1 aromatic heterocycles. The Hall–Kier alpha value is -3.55. The number of alkyl halides is 2. The van der Waals surface area contributed by atoms with Crippen LogP contribution in [0, 0.1) is 37.4 Å². The zero-order valence-corrected chi connectivity index (χ0v) is 21.8. The topological polar surface area (TPSA) is 68.7 Å². The number of fused-ring (bicyclic) bond motifs is 3. The van der Waals surface area contributed by atoms with Crippen LogP contribution in [-0.2, 0) is 17.8 Å². The van der Waals surface area contributed by atoms with Crippen molar-refractivity contribution >= 4 is 5.97 Å². The number of aromatic nitrogens is 1. The van der Waals surface area contributed by atoms with E-state index < -0.39 is 11.9 Å². The summed E-state index contributed by atoms with van der Waals surface area (Å²) in [5.41, 5.74) is 6.21. The third-order valence-corrected chi connectivity index (χ3v) is 8.45. The Morgan fingerprint density at radius 2 is 1.85 bits per heavy atom. The standard InChI is InChI=1S/C31H30F3NO4/c1-16-7-22(38-6-5-18-12-31(33,34)13-18)8-17(2)27(16)19-3-4-25(32)21(9-19)15-39-26-11-20-10-23-28(24(20)14-35-26)29(23)30(36)37/h3-4,7-9,11,14,18,23,28-29H,5-6,10,12-13,15H2,1-2H3,(H,36,37)/t23-,28-,29+/m1/s1. The van der Waals surface area contributed by atoms with Crippen molar-refractivity contribution in [1.29, 1.82) is 0 Å². The average Bonchev–Trinajstić information content (AvgIpc) is 3.45. The molecule has 2 saturated carbocycles. The first-order valence-corrected chi connectivity index (χ1v) is 13.3. The van der Waals surface area contributed by atoms with Gasteiger partial charge in [-0.1, -0.05) is 6.07 Å². The van der Waals surface area contributed by atoms with Gasteiger partial charge in [-0.05, 0) is 96.2 Å². The van der Waals surface area contributed by atoms with Crippen LogP contribution in [0.1, 0.15) is 53.0 Å². The summed E-state index contributed by atoms with van der Waals surface area (Å²) < 4.78 is 52.5. The normalized spacial score (nSPS) is 22.5. The van der Waals surface area contributed by atoms with Crippen molar-refractivity contribution in [3.8, 4) is 22.8 Å². The number of aliphatic carboxylic acids is 1. The molecule has 3 atom stereocenters. The number of nitrogens with zero attached hydrogens (tertiary/aromatic N) is 1. The molecule has 3 aromatic rings. The van der Waals surface area contributed by atoms with Crippen molar-refractivity contribution in [2.75, 3.05) is 6.61 Å². The molecule has 1 heterocycles. The van der Waals surface area contributed by atoms with Crippen molar-refractivity contribution < 1.29 is 32.5 Å². The number of halogens is 3. The Kier molecular flexibility index (Phi) is 6.31. The first-order valence-electron chi connectivity index (χ1n) is 13.3. The van der Waals surface area contributed by atoms with Crippen LogP contribution in [-0.4, -0.2) is 28.6 Å². The summed E-state index contributed by atoms with van der Waals surface area (Å²) in [6, 6.07) is 10.6. The van der Waals surface area contributed by atoms with Crippen LogP contribution in [0.5, 0.6) is 11.6 Å². The van der Waals surface area contributed by atoms with Gasteiger partial charge in [-0.25, -0.2) is 18.2 Å². The lowest BCUT2D eigenvalue weighted by atomic mass is 9.79. The van der Waals surface area contributed by atoms with Gasteiger partial charge in [0, 0.05) is 36.6 Å². The third-order valence-electron chi connectivity index (χ3n) is 8.45. The van der Waals surface area contributed by atoms with E-state index in [1.165, 1.54) is 6.07 Å². The van der Waals surface area contributed by atoms with E-state index in [1.54, 1.807) is 18.3 Å². The first-order chi connectivity index (χ1) is 18.6. The molecule has 8 heteroatoms. The molecule has 0 spiro atoms. The monoisotopic (exact) mass is 537 g/mol. The molecule has 1 N–H and O–H groups in total. The van der Waals surface area contributed by atoms with Gasteiger partial charge in [0.2, 0.25) is 11.8 Å². The molecule has 5 nitrogen and oxygen atoms in total. The number of carboxylic acid groups (broad SMARTS) is 1. The van der Waals surface area contributed by atoms with E-state index in [4.69, 9.17) is 9.47 Å². The number of carboxylic acids is 1. The van der Waals surface area contributed by atoms with E-state index in [0.717, 1.165) is 33.4 Å². The molecular formula is C31H30F3NO4. The molecule has 0 bridgehead atoms. The molecule has 3 aliphatic rings. The predicted molar refractivity (Wildman–Crippen MR) is 139 cm³/mol. The van der Waals surface area contributed by atoms with Gasteiger partial charge in [0.1, 0.15) is 18.2 Å². The van der Waals surface area contributed by atoms with Crippen LogP contribution >= 0.6 is 0 Å². The molecule has 2 aromatic carbocycles. The Morgan fingerprint density at radius 3 is 2.54 bits per heavy atom. The maximum atomic E-state index is 14.7. The van der Waals surface area contributed by atoms with Gasteiger partial charge in [-0.3, -0.25) is 4.79 Å². The second kappa shape index (κ2) is 9.57. The van der Waals surface area contributed by atoms with Gasteiger partial charge in [-0.2, -0.15) is 0 Å². The van der Waals surface area contributed by atoms with Crippen molar-refractivity contribution in [1.82, 2.24) is 4.98 Å². The molecule has 0 unspecified atom stereocenters. The number of rotatable bonds is 9. The number of benzene rings is 2. The Morgan fingerprint density at radius 1 is 1.10 bits per heavy atom. The maximum absolute atomic E-state index is 14.7. The van der Waals surface area contributed by atoms with Gasteiger partial charge in [-0.15, -0.1) is 0 Å². The summed E-state index contributed by atoms with van der Waals surface area (Å²) in [7, 11) is 0. The lowest BCUT2D eigenvalue weighted by Crippen LogP contribution is -2.36. The zero-order valence-electron chi connectivity index (χ0n) is 21.8. The molecule has 39 heavy (non-hydrogen) atoms. The molecule has 0 radical (unpaired) electrons. The molecule has 0 amide bonds. The van der Waals surface area contributed by atoms with Crippen molar-refractivity contribution in [2.45, 2.75) is 58.0 Å². The minimum atomic E-state index is -2.51. The lowest BCUT2D eigenvalue weighted by molar-refractivity contribution is -0.139.